The number of carbonyl (C=O) groups is 1. The Morgan fingerprint density at radius 1 is 1.07 bits per heavy atom. The van der Waals surface area contributed by atoms with Gasteiger partial charge < -0.3 is 19.5 Å². The topological polar surface area (TPSA) is 56.8 Å². The Bertz CT molecular complexity index is 828. The molecule has 0 aliphatic carbocycles. The Labute approximate surface area is 160 Å². The number of ether oxygens (including phenoxy) is 3. The van der Waals surface area contributed by atoms with E-state index in [0.29, 0.717) is 18.9 Å². The second-order valence-corrected chi connectivity index (χ2v) is 6.76. The van der Waals surface area contributed by atoms with Crippen molar-refractivity contribution in [3.05, 3.63) is 59.7 Å². The fourth-order valence-corrected chi connectivity index (χ4v) is 2.19. The maximum absolute atomic E-state index is 11.6. The van der Waals surface area contributed by atoms with Gasteiger partial charge in [0, 0.05) is 5.56 Å². The van der Waals surface area contributed by atoms with Gasteiger partial charge in [0.15, 0.2) is 0 Å². The average Bonchev–Trinajstić information content (AvgIpc) is 2.63. The predicted molar refractivity (Wildman–Crippen MR) is 105 cm³/mol. The highest BCUT2D eigenvalue weighted by molar-refractivity contribution is 5.67. The van der Waals surface area contributed by atoms with E-state index < -0.39 is 11.7 Å². The minimum atomic E-state index is -0.515. The zero-order chi connectivity index (χ0) is 19.7. The van der Waals surface area contributed by atoms with Crippen LogP contribution in [0, 0.1) is 11.8 Å². The largest absolute Gasteiger partial charge is 0.495 e. The van der Waals surface area contributed by atoms with E-state index in [2.05, 4.69) is 17.2 Å². The third-order valence-electron chi connectivity index (χ3n) is 3.32. The van der Waals surface area contributed by atoms with Crippen molar-refractivity contribution in [1.82, 2.24) is 5.32 Å². The van der Waals surface area contributed by atoms with Crippen LogP contribution in [-0.4, -0.2) is 32.0 Å². The molecule has 0 aliphatic rings. The van der Waals surface area contributed by atoms with Gasteiger partial charge in [-0.25, -0.2) is 4.79 Å². The van der Waals surface area contributed by atoms with E-state index in [1.807, 2.05) is 69.3 Å². The molecule has 0 aliphatic heterocycles. The monoisotopic (exact) mass is 367 g/mol. The van der Waals surface area contributed by atoms with Crippen molar-refractivity contribution in [2.24, 2.45) is 0 Å². The van der Waals surface area contributed by atoms with Gasteiger partial charge in [0.2, 0.25) is 0 Å². The number of methoxy groups -OCH3 is 1. The molecule has 2 aromatic carbocycles. The molecule has 5 nitrogen and oxygen atoms in total. The highest BCUT2D eigenvalue weighted by atomic mass is 16.6. The summed E-state index contributed by atoms with van der Waals surface area (Å²) in [5, 5.41) is 2.66. The van der Waals surface area contributed by atoms with E-state index in [0.717, 1.165) is 16.9 Å². The Kier molecular flexibility index (Phi) is 7.13. The number of carbonyl (C=O) groups excluding carboxylic acids is 1. The highest BCUT2D eigenvalue weighted by Crippen LogP contribution is 2.17. The standard InChI is InChI=1S/C22H25NO4/c1-22(2,3)27-21(24)23-14-15-26-19-10-7-8-17(16-19)12-13-18-9-5-6-11-20(18)25-4/h5-11,16H,14-15H2,1-4H3,(H,23,24). The van der Waals surface area contributed by atoms with Crippen molar-refractivity contribution in [1.29, 1.82) is 0 Å². The summed E-state index contributed by atoms with van der Waals surface area (Å²) in [7, 11) is 1.63. The lowest BCUT2D eigenvalue weighted by Gasteiger charge is -2.19. The second-order valence-electron chi connectivity index (χ2n) is 6.76. The second kappa shape index (κ2) is 9.54. The van der Waals surface area contributed by atoms with Gasteiger partial charge in [-0.05, 0) is 51.1 Å². The molecule has 0 saturated carbocycles. The maximum atomic E-state index is 11.6. The number of hydrogen-bond donors (Lipinski definition) is 1. The first-order valence-corrected chi connectivity index (χ1v) is 8.72. The number of para-hydroxylation sites is 1. The summed E-state index contributed by atoms with van der Waals surface area (Å²) >= 11 is 0. The summed E-state index contributed by atoms with van der Waals surface area (Å²) < 4.78 is 16.1. The summed E-state index contributed by atoms with van der Waals surface area (Å²) in [4.78, 5) is 11.6. The minimum Gasteiger partial charge on any atom is -0.495 e. The zero-order valence-corrected chi connectivity index (χ0v) is 16.2. The van der Waals surface area contributed by atoms with Crippen molar-refractivity contribution < 1.29 is 19.0 Å². The molecule has 142 valence electrons. The summed E-state index contributed by atoms with van der Waals surface area (Å²) in [6.45, 7) is 6.15. The third-order valence-corrected chi connectivity index (χ3v) is 3.32. The number of benzene rings is 2. The molecule has 27 heavy (non-hydrogen) atoms. The lowest BCUT2D eigenvalue weighted by molar-refractivity contribution is 0.0520. The van der Waals surface area contributed by atoms with Crippen molar-refractivity contribution in [2.75, 3.05) is 20.3 Å². The first-order chi connectivity index (χ1) is 12.9. The molecule has 0 aromatic heterocycles. The van der Waals surface area contributed by atoms with Gasteiger partial charge >= 0.3 is 6.09 Å². The zero-order valence-electron chi connectivity index (χ0n) is 16.2. The molecule has 0 radical (unpaired) electrons. The third kappa shape index (κ3) is 7.33. The molecule has 0 bridgehead atoms. The number of amides is 1. The van der Waals surface area contributed by atoms with Gasteiger partial charge in [-0.2, -0.15) is 0 Å². The average molecular weight is 367 g/mol. The van der Waals surface area contributed by atoms with Crippen molar-refractivity contribution in [3.63, 3.8) is 0 Å². The Morgan fingerprint density at radius 2 is 1.85 bits per heavy atom. The van der Waals surface area contributed by atoms with Gasteiger partial charge in [0.05, 0.1) is 19.2 Å². The Morgan fingerprint density at radius 3 is 2.59 bits per heavy atom. The van der Waals surface area contributed by atoms with Crippen LogP contribution in [0.2, 0.25) is 0 Å². The molecule has 2 rings (SSSR count). The normalized spacial score (nSPS) is 10.4. The molecule has 0 atom stereocenters. The smallest absolute Gasteiger partial charge is 0.407 e. The number of alkyl carbamates (subject to hydrolysis) is 1. The van der Waals surface area contributed by atoms with E-state index in [1.165, 1.54) is 0 Å². The van der Waals surface area contributed by atoms with Crippen LogP contribution in [0.5, 0.6) is 11.5 Å². The van der Waals surface area contributed by atoms with Gasteiger partial charge in [0.25, 0.3) is 0 Å². The van der Waals surface area contributed by atoms with Crippen LogP contribution < -0.4 is 14.8 Å². The van der Waals surface area contributed by atoms with Crippen LogP contribution in [0.25, 0.3) is 0 Å². The molecule has 1 N–H and O–H groups in total. The fraction of sp³-hybridized carbons (Fsp3) is 0.318. The summed E-state index contributed by atoms with van der Waals surface area (Å²) in [6.07, 6.45) is -0.456. The van der Waals surface area contributed by atoms with Gasteiger partial charge in [-0.3, -0.25) is 0 Å². The number of nitrogens with one attached hydrogen (secondary N) is 1. The van der Waals surface area contributed by atoms with E-state index in [9.17, 15) is 4.79 Å². The molecule has 0 heterocycles. The quantitative estimate of drug-likeness (QED) is 0.641. The van der Waals surface area contributed by atoms with Crippen LogP contribution in [-0.2, 0) is 4.74 Å². The van der Waals surface area contributed by atoms with Crippen LogP contribution in [0.15, 0.2) is 48.5 Å². The van der Waals surface area contributed by atoms with E-state index >= 15 is 0 Å². The minimum absolute atomic E-state index is 0.336. The molecule has 0 saturated heterocycles. The lowest BCUT2D eigenvalue weighted by Crippen LogP contribution is -2.34. The first-order valence-electron chi connectivity index (χ1n) is 8.72. The molecule has 0 fully saturated rings. The molecule has 0 spiro atoms. The highest BCUT2D eigenvalue weighted by Gasteiger charge is 2.15. The van der Waals surface area contributed by atoms with Gasteiger partial charge in [-0.1, -0.05) is 30.0 Å². The van der Waals surface area contributed by atoms with Crippen molar-refractivity contribution in [3.8, 4) is 23.3 Å². The molecule has 0 unspecified atom stereocenters. The van der Waals surface area contributed by atoms with Crippen LogP contribution in [0.4, 0.5) is 4.79 Å². The van der Waals surface area contributed by atoms with Crippen molar-refractivity contribution >= 4 is 6.09 Å². The summed E-state index contributed by atoms with van der Waals surface area (Å²) in [5.74, 6) is 7.65. The van der Waals surface area contributed by atoms with Gasteiger partial charge in [0.1, 0.15) is 23.7 Å². The molecular weight excluding hydrogens is 342 g/mol. The van der Waals surface area contributed by atoms with Gasteiger partial charge in [-0.15, -0.1) is 0 Å². The molecule has 1 amide bonds. The molecule has 5 heteroatoms. The Hall–Kier alpha value is -3.13. The summed E-state index contributed by atoms with van der Waals surface area (Å²) in [5.41, 5.74) is 1.14. The van der Waals surface area contributed by atoms with Crippen LogP contribution in [0.3, 0.4) is 0 Å². The molecule has 2 aromatic rings. The van der Waals surface area contributed by atoms with Crippen molar-refractivity contribution in [2.45, 2.75) is 26.4 Å². The number of hydrogen-bond acceptors (Lipinski definition) is 4. The molecular formula is C22H25NO4. The predicted octanol–water partition coefficient (Wildman–Crippen LogP) is 4.00. The lowest BCUT2D eigenvalue weighted by atomic mass is 10.1. The number of rotatable bonds is 5. The fourth-order valence-electron chi connectivity index (χ4n) is 2.19. The summed E-state index contributed by atoms with van der Waals surface area (Å²) in [6, 6.07) is 15.1. The van der Waals surface area contributed by atoms with Crippen LogP contribution >= 0.6 is 0 Å². The van der Waals surface area contributed by atoms with E-state index in [1.54, 1.807) is 7.11 Å². The maximum Gasteiger partial charge on any atom is 0.407 e. The van der Waals surface area contributed by atoms with E-state index in [4.69, 9.17) is 14.2 Å². The van der Waals surface area contributed by atoms with E-state index in [-0.39, 0.29) is 0 Å². The van der Waals surface area contributed by atoms with Crippen LogP contribution in [0.1, 0.15) is 31.9 Å². The SMILES string of the molecule is COc1ccccc1C#Cc1cccc(OCCNC(=O)OC(C)(C)C)c1. The Balaban J connectivity index is 1.89. The first kappa shape index (κ1) is 20.2.